The van der Waals surface area contributed by atoms with Gasteiger partial charge in [0.15, 0.2) is 11.5 Å². The molecule has 3 aromatic carbocycles. The van der Waals surface area contributed by atoms with Gasteiger partial charge >= 0.3 is 0 Å². The van der Waals surface area contributed by atoms with Gasteiger partial charge < -0.3 is 14.5 Å². The second-order valence-corrected chi connectivity index (χ2v) is 6.42. The molecule has 0 spiro atoms. The monoisotopic (exact) mass is 332 g/mol. The Morgan fingerprint density at radius 3 is 2.24 bits per heavy atom. The summed E-state index contributed by atoms with van der Waals surface area (Å²) < 4.78 is 6.22. The Labute approximate surface area is 149 Å². The van der Waals surface area contributed by atoms with Crippen molar-refractivity contribution in [2.45, 2.75) is 13.8 Å². The molecule has 0 saturated carbocycles. The Kier molecular flexibility index (Phi) is 4.33. The van der Waals surface area contributed by atoms with E-state index in [0.29, 0.717) is 0 Å². The highest BCUT2D eigenvalue weighted by atomic mass is 16.5. The summed E-state index contributed by atoms with van der Waals surface area (Å²) in [6.07, 6.45) is 0. The normalized spacial score (nSPS) is 12.8. The molecule has 0 aromatic heterocycles. The van der Waals surface area contributed by atoms with E-state index in [-0.39, 0.29) is 0 Å². The third kappa shape index (κ3) is 2.96. The van der Waals surface area contributed by atoms with Crippen LogP contribution in [0.3, 0.4) is 0 Å². The molecule has 3 aromatic rings. The fourth-order valence-electron chi connectivity index (χ4n) is 3.54. The van der Waals surface area contributed by atoms with Crippen molar-refractivity contribution in [2.75, 3.05) is 31.1 Å². The summed E-state index contributed by atoms with van der Waals surface area (Å²) in [5, 5.41) is 2.46. The maximum Gasteiger partial charge on any atom is 0.151 e. The predicted molar refractivity (Wildman–Crippen MR) is 105 cm³/mol. The highest BCUT2D eigenvalue weighted by Crippen LogP contribution is 2.47. The van der Waals surface area contributed by atoms with E-state index in [4.69, 9.17) is 4.74 Å². The van der Waals surface area contributed by atoms with Crippen molar-refractivity contribution >= 4 is 22.1 Å². The van der Waals surface area contributed by atoms with Gasteiger partial charge in [-0.1, -0.05) is 50.2 Å². The minimum atomic E-state index is 0.935. The van der Waals surface area contributed by atoms with Gasteiger partial charge in [-0.2, -0.15) is 0 Å². The van der Waals surface area contributed by atoms with Gasteiger partial charge in [-0.25, -0.2) is 0 Å². The SMILES string of the molecule is CCN(CC)CCN1c2ccccc2Oc2cc3ccccc3cc21. The summed E-state index contributed by atoms with van der Waals surface area (Å²) >= 11 is 0. The summed E-state index contributed by atoms with van der Waals surface area (Å²) in [5.41, 5.74) is 2.31. The zero-order chi connectivity index (χ0) is 17.2. The number of ether oxygens (including phenoxy) is 1. The topological polar surface area (TPSA) is 15.7 Å². The molecule has 1 aliphatic rings. The molecule has 0 atom stereocenters. The number of nitrogens with zero attached hydrogens (tertiary/aromatic N) is 2. The molecule has 4 rings (SSSR count). The first kappa shape index (κ1) is 16.0. The van der Waals surface area contributed by atoms with Crippen molar-refractivity contribution in [1.82, 2.24) is 4.90 Å². The number of hydrogen-bond donors (Lipinski definition) is 0. The van der Waals surface area contributed by atoms with Gasteiger partial charge in [-0.3, -0.25) is 0 Å². The zero-order valence-corrected chi connectivity index (χ0v) is 14.9. The molecule has 1 aliphatic heterocycles. The molecule has 0 aliphatic carbocycles. The molecule has 0 unspecified atom stereocenters. The van der Waals surface area contributed by atoms with Crippen LogP contribution >= 0.6 is 0 Å². The Balaban J connectivity index is 1.77. The molecule has 0 bridgehead atoms. The van der Waals surface area contributed by atoms with E-state index in [1.165, 1.54) is 10.8 Å². The van der Waals surface area contributed by atoms with E-state index in [1.807, 2.05) is 6.07 Å². The van der Waals surface area contributed by atoms with Crippen LogP contribution in [0.1, 0.15) is 13.8 Å². The maximum atomic E-state index is 6.22. The van der Waals surface area contributed by atoms with Gasteiger partial charge in [0.25, 0.3) is 0 Å². The molecular weight excluding hydrogens is 308 g/mol. The van der Waals surface area contributed by atoms with E-state index >= 15 is 0 Å². The summed E-state index contributed by atoms with van der Waals surface area (Å²) in [6, 6.07) is 21.2. The molecule has 3 nitrogen and oxygen atoms in total. The van der Waals surface area contributed by atoms with E-state index in [9.17, 15) is 0 Å². The summed E-state index contributed by atoms with van der Waals surface area (Å²) in [5.74, 6) is 1.88. The van der Waals surface area contributed by atoms with Crippen LogP contribution in [-0.2, 0) is 0 Å². The summed E-state index contributed by atoms with van der Waals surface area (Å²) in [4.78, 5) is 4.86. The van der Waals surface area contributed by atoms with E-state index in [1.54, 1.807) is 0 Å². The van der Waals surface area contributed by atoms with E-state index in [0.717, 1.165) is 49.1 Å². The van der Waals surface area contributed by atoms with Gasteiger partial charge in [-0.15, -0.1) is 0 Å². The van der Waals surface area contributed by atoms with Gasteiger partial charge in [0.1, 0.15) is 0 Å². The third-order valence-electron chi connectivity index (χ3n) is 5.03. The average molecular weight is 332 g/mol. The van der Waals surface area contributed by atoms with Crippen LogP contribution in [0.15, 0.2) is 60.7 Å². The minimum absolute atomic E-state index is 0.935. The Morgan fingerprint density at radius 1 is 0.800 bits per heavy atom. The third-order valence-corrected chi connectivity index (χ3v) is 5.03. The standard InChI is InChI=1S/C22H24N2O/c1-3-23(4-2)13-14-24-19-11-7-8-12-21(19)25-22-16-18-10-6-5-9-17(18)15-20(22)24/h5-12,15-16H,3-4,13-14H2,1-2H3. The lowest BCUT2D eigenvalue weighted by atomic mass is 10.1. The number of anilines is 2. The minimum Gasteiger partial charge on any atom is -0.453 e. The second kappa shape index (κ2) is 6.77. The second-order valence-electron chi connectivity index (χ2n) is 6.42. The van der Waals surface area contributed by atoms with Crippen LogP contribution in [0, 0.1) is 0 Å². The highest BCUT2D eigenvalue weighted by Gasteiger charge is 2.24. The molecule has 0 amide bonds. The van der Waals surface area contributed by atoms with Crippen LogP contribution < -0.4 is 9.64 Å². The van der Waals surface area contributed by atoms with Crippen LogP contribution in [0.5, 0.6) is 11.5 Å². The Hall–Kier alpha value is -2.52. The first-order chi connectivity index (χ1) is 12.3. The average Bonchev–Trinajstić information content (AvgIpc) is 2.66. The number of likely N-dealkylation sites (N-methyl/N-ethyl adjacent to an activating group) is 1. The first-order valence-corrected chi connectivity index (χ1v) is 9.09. The first-order valence-electron chi connectivity index (χ1n) is 9.09. The lowest BCUT2D eigenvalue weighted by Crippen LogP contribution is -2.33. The lowest BCUT2D eigenvalue weighted by molar-refractivity contribution is 0.311. The van der Waals surface area contributed by atoms with Crippen LogP contribution in [-0.4, -0.2) is 31.1 Å². The molecule has 3 heteroatoms. The van der Waals surface area contributed by atoms with Crippen molar-refractivity contribution < 1.29 is 4.74 Å². The fraction of sp³-hybridized carbons (Fsp3) is 0.273. The van der Waals surface area contributed by atoms with Gasteiger partial charge in [0.2, 0.25) is 0 Å². The lowest BCUT2D eigenvalue weighted by Gasteiger charge is -2.34. The van der Waals surface area contributed by atoms with Crippen molar-refractivity contribution in [3.05, 3.63) is 60.7 Å². The van der Waals surface area contributed by atoms with Gasteiger partial charge in [0, 0.05) is 13.1 Å². The number of hydrogen-bond acceptors (Lipinski definition) is 3. The van der Waals surface area contributed by atoms with Crippen molar-refractivity contribution in [3.63, 3.8) is 0 Å². The molecule has 1 heterocycles. The summed E-state index contributed by atoms with van der Waals surface area (Å²) in [6.45, 7) is 8.58. The number of para-hydroxylation sites is 2. The largest absolute Gasteiger partial charge is 0.453 e. The van der Waals surface area contributed by atoms with E-state index in [2.05, 4.69) is 78.2 Å². The predicted octanol–water partition coefficient (Wildman–Crippen LogP) is 5.43. The Bertz CT molecular complexity index is 886. The number of fused-ring (bicyclic) bond motifs is 3. The van der Waals surface area contributed by atoms with E-state index < -0.39 is 0 Å². The van der Waals surface area contributed by atoms with Crippen LogP contribution in [0.4, 0.5) is 11.4 Å². The molecule has 128 valence electrons. The maximum absolute atomic E-state index is 6.22. The molecule has 25 heavy (non-hydrogen) atoms. The van der Waals surface area contributed by atoms with Crippen molar-refractivity contribution in [3.8, 4) is 11.5 Å². The summed E-state index contributed by atoms with van der Waals surface area (Å²) in [7, 11) is 0. The fourth-order valence-corrected chi connectivity index (χ4v) is 3.54. The smallest absolute Gasteiger partial charge is 0.151 e. The van der Waals surface area contributed by atoms with Crippen molar-refractivity contribution in [2.24, 2.45) is 0 Å². The highest BCUT2D eigenvalue weighted by molar-refractivity contribution is 5.92. The quantitative estimate of drug-likeness (QED) is 0.620. The van der Waals surface area contributed by atoms with Gasteiger partial charge in [-0.05, 0) is 48.1 Å². The Morgan fingerprint density at radius 2 is 1.48 bits per heavy atom. The van der Waals surface area contributed by atoms with Crippen molar-refractivity contribution in [1.29, 1.82) is 0 Å². The molecule has 0 saturated heterocycles. The molecule has 0 fully saturated rings. The van der Waals surface area contributed by atoms with Gasteiger partial charge in [0.05, 0.1) is 11.4 Å². The van der Waals surface area contributed by atoms with Crippen LogP contribution in [0.2, 0.25) is 0 Å². The molecular formula is C22H24N2O. The molecule has 0 N–H and O–H groups in total. The van der Waals surface area contributed by atoms with Crippen LogP contribution in [0.25, 0.3) is 10.8 Å². The number of rotatable bonds is 5. The molecule has 0 radical (unpaired) electrons. The zero-order valence-electron chi connectivity index (χ0n) is 14.9. The number of benzene rings is 3.